The Balaban J connectivity index is 2.25. The van der Waals surface area contributed by atoms with Crippen molar-refractivity contribution >= 4 is 0 Å². The highest BCUT2D eigenvalue weighted by Crippen LogP contribution is 2.57. The van der Waals surface area contributed by atoms with Gasteiger partial charge in [0.25, 0.3) is 0 Å². The van der Waals surface area contributed by atoms with Crippen molar-refractivity contribution in [1.82, 2.24) is 0 Å². The van der Waals surface area contributed by atoms with Gasteiger partial charge >= 0.3 is 0 Å². The quantitative estimate of drug-likeness (QED) is 0.437. The molecular weight excluding hydrogens is 270 g/mol. The summed E-state index contributed by atoms with van der Waals surface area (Å²) in [4.78, 5) is 0. The van der Waals surface area contributed by atoms with Crippen molar-refractivity contribution in [2.24, 2.45) is 23.7 Å². The monoisotopic (exact) mass is 278 g/mol. The lowest BCUT2D eigenvalue weighted by Crippen LogP contribution is -2.23. The van der Waals surface area contributed by atoms with Crippen molar-refractivity contribution in [3.63, 3.8) is 0 Å². The van der Waals surface area contributed by atoms with Gasteiger partial charge in [-0.1, -0.05) is 12.2 Å². The summed E-state index contributed by atoms with van der Waals surface area (Å²) in [5, 5.41) is 0. The first kappa shape index (κ1) is 12.6. The second-order valence-corrected chi connectivity index (χ2v) is 4.95. The van der Waals surface area contributed by atoms with Crippen molar-refractivity contribution < 1.29 is 26.3 Å². The Kier molecular flexibility index (Phi) is 2.66. The summed E-state index contributed by atoms with van der Waals surface area (Å²) in [7, 11) is 0. The average molecular weight is 278 g/mol. The SMILES string of the molecule is FC1=C(F)/C(F)=C(/F)[C@H]2[C@@H](/C(F)=C\1F)[C@@H]1C=C[C@H]2C1. The van der Waals surface area contributed by atoms with Crippen LogP contribution in [0.4, 0.5) is 26.3 Å². The van der Waals surface area contributed by atoms with Gasteiger partial charge < -0.3 is 0 Å². The van der Waals surface area contributed by atoms with Crippen molar-refractivity contribution in [2.45, 2.75) is 6.42 Å². The van der Waals surface area contributed by atoms with Gasteiger partial charge in [-0.15, -0.1) is 0 Å². The smallest absolute Gasteiger partial charge is 0.200 e. The molecular formula is C13H8F6. The van der Waals surface area contributed by atoms with E-state index in [2.05, 4.69) is 0 Å². The third-order valence-electron chi connectivity index (χ3n) is 4.04. The fraction of sp³-hybridized carbons (Fsp3) is 0.385. The Bertz CT molecular complexity index is 520. The van der Waals surface area contributed by atoms with E-state index in [9.17, 15) is 26.3 Å². The van der Waals surface area contributed by atoms with Gasteiger partial charge in [0.15, 0.2) is 23.3 Å². The van der Waals surface area contributed by atoms with Gasteiger partial charge in [-0.25, -0.2) is 26.3 Å². The van der Waals surface area contributed by atoms with Gasteiger partial charge in [-0.3, -0.25) is 0 Å². The minimum atomic E-state index is -2.32. The molecule has 0 aromatic rings. The summed E-state index contributed by atoms with van der Waals surface area (Å²) in [6, 6.07) is 0. The summed E-state index contributed by atoms with van der Waals surface area (Å²) in [5.74, 6) is -15.5. The van der Waals surface area contributed by atoms with E-state index in [-0.39, 0.29) is 0 Å². The van der Waals surface area contributed by atoms with E-state index in [4.69, 9.17) is 0 Å². The maximum absolute atomic E-state index is 13.9. The molecule has 0 spiro atoms. The number of hydrogen-bond donors (Lipinski definition) is 0. The molecule has 0 radical (unpaired) electrons. The zero-order valence-electron chi connectivity index (χ0n) is 9.44. The number of halogens is 6. The number of rotatable bonds is 0. The van der Waals surface area contributed by atoms with Crippen LogP contribution in [0.5, 0.6) is 0 Å². The third-order valence-corrected chi connectivity index (χ3v) is 4.04. The Labute approximate surface area is 104 Å². The third kappa shape index (κ3) is 1.55. The predicted molar refractivity (Wildman–Crippen MR) is 55.4 cm³/mol. The van der Waals surface area contributed by atoms with E-state index in [1.807, 2.05) is 0 Å². The molecule has 0 amide bonds. The normalized spacial score (nSPS) is 49.4. The summed E-state index contributed by atoms with van der Waals surface area (Å²) < 4.78 is 80.9. The van der Waals surface area contributed by atoms with Crippen molar-refractivity contribution in [3.05, 3.63) is 47.1 Å². The van der Waals surface area contributed by atoms with Crippen molar-refractivity contribution in [2.75, 3.05) is 0 Å². The minimum Gasteiger partial charge on any atom is -0.208 e. The molecule has 1 fully saturated rings. The molecule has 19 heavy (non-hydrogen) atoms. The van der Waals surface area contributed by atoms with E-state index in [0.29, 0.717) is 6.42 Å². The maximum atomic E-state index is 13.9. The topological polar surface area (TPSA) is 0 Å². The van der Waals surface area contributed by atoms with Crippen LogP contribution < -0.4 is 0 Å². The molecule has 0 N–H and O–H groups in total. The highest BCUT2D eigenvalue weighted by molar-refractivity contribution is 5.41. The fourth-order valence-electron chi connectivity index (χ4n) is 3.21. The molecule has 102 valence electrons. The molecule has 2 bridgehead atoms. The molecule has 0 aliphatic heterocycles. The first-order valence-electron chi connectivity index (χ1n) is 5.78. The number of allylic oxidation sites excluding steroid dienone is 8. The lowest BCUT2D eigenvalue weighted by molar-refractivity contribution is 0.270. The Morgan fingerprint density at radius 1 is 0.632 bits per heavy atom. The van der Waals surface area contributed by atoms with E-state index in [1.165, 1.54) is 0 Å². The molecule has 0 aromatic carbocycles. The molecule has 3 aliphatic carbocycles. The van der Waals surface area contributed by atoms with Gasteiger partial charge in [0, 0.05) is 11.8 Å². The van der Waals surface area contributed by atoms with E-state index >= 15 is 0 Å². The Morgan fingerprint density at radius 2 is 1.00 bits per heavy atom. The second-order valence-electron chi connectivity index (χ2n) is 4.95. The van der Waals surface area contributed by atoms with Crippen molar-refractivity contribution in [1.29, 1.82) is 0 Å². The van der Waals surface area contributed by atoms with Gasteiger partial charge in [0.2, 0.25) is 0 Å². The van der Waals surface area contributed by atoms with Crippen LogP contribution in [0.3, 0.4) is 0 Å². The molecule has 4 atom stereocenters. The van der Waals surface area contributed by atoms with Gasteiger partial charge in [0.1, 0.15) is 11.7 Å². The van der Waals surface area contributed by atoms with E-state index < -0.39 is 58.6 Å². The van der Waals surface area contributed by atoms with Crippen LogP contribution in [0.25, 0.3) is 0 Å². The van der Waals surface area contributed by atoms with Crippen molar-refractivity contribution in [3.8, 4) is 0 Å². The van der Waals surface area contributed by atoms with Gasteiger partial charge in [0.05, 0.1) is 0 Å². The first-order chi connectivity index (χ1) is 8.93. The molecule has 0 saturated heterocycles. The van der Waals surface area contributed by atoms with Crippen LogP contribution in [-0.2, 0) is 0 Å². The Morgan fingerprint density at radius 3 is 1.37 bits per heavy atom. The molecule has 0 aromatic heterocycles. The molecule has 0 nitrogen and oxygen atoms in total. The van der Waals surface area contributed by atoms with E-state index in [0.717, 1.165) is 0 Å². The van der Waals surface area contributed by atoms with Crippen LogP contribution in [-0.4, -0.2) is 0 Å². The van der Waals surface area contributed by atoms with Gasteiger partial charge in [-0.05, 0) is 18.3 Å². The zero-order valence-corrected chi connectivity index (χ0v) is 9.44. The van der Waals surface area contributed by atoms with E-state index in [1.54, 1.807) is 12.2 Å². The highest BCUT2D eigenvalue weighted by Gasteiger charge is 2.52. The molecule has 0 unspecified atom stereocenters. The van der Waals surface area contributed by atoms with Crippen LogP contribution in [0.2, 0.25) is 0 Å². The van der Waals surface area contributed by atoms with Crippen LogP contribution >= 0.6 is 0 Å². The van der Waals surface area contributed by atoms with Crippen LogP contribution in [0.1, 0.15) is 6.42 Å². The zero-order chi connectivity index (χ0) is 13.9. The summed E-state index contributed by atoms with van der Waals surface area (Å²) in [6.07, 6.45) is 3.47. The number of hydrogen-bond acceptors (Lipinski definition) is 0. The summed E-state index contributed by atoms with van der Waals surface area (Å²) >= 11 is 0. The first-order valence-corrected chi connectivity index (χ1v) is 5.78. The predicted octanol–water partition coefficient (Wildman–Crippen LogP) is 4.89. The molecule has 3 rings (SSSR count). The maximum Gasteiger partial charge on any atom is 0.200 e. The van der Waals surface area contributed by atoms with Crippen LogP contribution in [0, 0.1) is 23.7 Å². The molecule has 6 heteroatoms. The number of fused-ring (bicyclic) bond motifs is 5. The summed E-state index contributed by atoms with van der Waals surface area (Å²) in [6.45, 7) is 0. The second kappa shape index (κ2) is 4.02. The molecule has 3 aliphatic rings. The Hall–Kier alpha value is -1.46. The minimum absolute atomic E-state index is 0.319. The molecule has 1 saturated carbocycles. The standard InChI is InChI=1S/C13H8F6/c14-8-6-4-1-2-5(3-4)7(6)9(15)11(17)13(19)12(18)10(8)16/h1-2,4-7H,3H2/b10-8-,11-9-,13-12-/t4-,5+,6+,7-. The van der Waals surface area contributed by atoms with Crippen LogP contribution in [0.15, 0.2) is 47.1 Å². The molecule has 0 heterocycles. The summed E-state index contributed by atoms with van der Waals surface area (Å²) in [5.41, 5.74) is 0. The average Bonchev–Trinajstić information content (AvgIpc) is 3.01. The lowest BCUT2D eigenvalue weighted by Gasteiger charge is -2.27. The fourth-order valence-corrected chi connectivity index (χ4v) is 3.21. The van der Waals surface area contributed by atoms with Gasteiger partial charge in [-0.2, -0.15) is 0 Å². The lowest BCUT2D eigenvalue weighted by atomic mass is 9.80. The highest BCUT2D eigenvalue weighted by atomic mass is 19.2. The largest absolute Gasteiger partial charge is 0.208 e.